The summed E-state index contributed by atoms with van der Waals surface area (Å²) in [6.07, 6.45) is 0. The molecule has 0 saturated carbocycles. The number of benzene rings is 2. The van der Waals surface area contributed by atoms with E-state index in [9.17, 15) is 4.79 Å². The lowest BCUT2D eigenvalue weighted by Crippen LogP contribution is -2.03. The summed E-state index contributed by atoms with van der Waals surface area (Å²) in [6, 6.07) is 7.95. The van der Waals surface area contributed by atoms with Gasteiger partial charge < -0.3 is 9.15 Å². The molecular weight excluding hydrogens is 252 g/mol. The van der Waals surface area contributed by atoms with Gasteiger partial charge in [0.15, 0.2) is 0 Å². The van der Waals surface area contributed by atoms with Crippen molar-refractivity contribution >= 4 is 21.7 Å². The van der Waals surface area contributed by atoms with Crippen molar-refractivity contribution in [3.8, 4) is 0 Å². The number of ether oxygens (including phenoxy) is 1. The summed E-state index contributed by atoms with van der Waals surface area (Å²) >= 11 is 0. The Morgan fingerprint density at radius 3 is 2.75 bits per heavy atom. The fourth-order valence-electron chi connectivity index (χ4n) is 3.16. The lowest BCUT2D eigenvalue weighted by Gasteiger charge is -2.09. The molecule has 3 nitrogen and oxygen atoms in total. The molecule has 2 aromatic carbocycles. The highest BCUT2D eigenvalue weighted by Crippen LogP contribution is 2.33. The van der Waals surface area contributed by atoms with E-state index < -0.39 is 0 Å². The fraction of sp³-hybridized carbons (Fsp3) is 0.235. The Morgan fingerprint density at radius 1 is 1.05 bits per heavy atom. The van der Waals surface area contributed by atoms with E-state index >= 15 is 0 Å². The Labute approximate surface area is 115 Å². The third kappa shape index (κ3) is 1.47. The molecule has 0 spiro atoms. The van der Waals surface area contributed by atoms with Crippen LogP contribution in [0.4, 0.5) is 0 Å². The average molecular weight is 266 g/mol. The van der Waals surface area contributed by atoms with Crippen molar-refractivity contribution in [2.75, 3.05) is 0 Å². The standard InChI is InChI=1S/C17H14O3/c1-9-5-10(2)16-13(6-9)15-12(17(18)20-16)4-3-11-7-19-8-14(11)15/h3-6H,7-8H2,1-2H3. The van der Waals surface area contributed by atoms with Gasteiger partial charge in [0.1, 0.15) is 5.58 Å². The van der Waals surface area contributed by atoms with Gasteiger partial charge in [-0.3, -0.25) is 0 Å². The van der Waals surface area contributed by atoms with Crippen molar-refractivity contribution in [1.29, 1.82) is 0 Å². The van der Waals surface area contributed by atoms with Crippen molar-refractivity contribution in [3.63, 3.8) is 0 Å². The lowest BCUT2D eigenvalue weighted by atomic mass is 9.97. The van der Waals surface area contributed by atoms with E-state index in [-0.39, 0.29) is 5.63 Å². The summed E-state index contributed by atoms with van der Waals surface area (Å²) in [5.74, 6) is 0. The third-order valence-electron chi connectivity index (χ3n) is 4.02. The van der Waals surface area contributed by atoms with Gasteiger partial charge in [-0.05, 0) is 48.2 Å². The Balaban J connectivity index is 2.34. The molecule has 0 aliphatic carbocycles. The first kappa shape index (κ1) is 11.7. The zero-order valence-electron chi connectivity index (χ0n) is 11.4. The van der Waals surface area contributed by atoms with Crippen LogP contribution in [-0.4, -0.2) is 0 Å². The SMILES string of the molecule is Cc1cc(C)c2oc(=O)c3ccc4c(c3c2c1)COC4. The smallest absolute Gasteiger partial charge is 0.344 e. The molecule has 0 amide bonds. The van der Waals surface area contributed by atoms with Crippen LogP contribution in [0.5, 0.6) is 0 Å². The van der Waals surface area contributed by atoms with Crippen LogP contribution in [0, 0.1) is 13.8 Å². The minimum absolute atomic E-state index is 0.269. The van der Waals surface area contributed by atoms with Crippen LogP contribution in [-0.2, 0) is 18.0 Å². The van der Waals surface area contributed by atoms with Crippen molar-refractivity contribution in [1.82, 2.24) is 0 Å². The van der Waals surface area contributed by atoms with Gasteiger partial charge in [-0.25, -0.2) is 4.79 Å². The molecule has 0 N–H and O–H groups in total. The van der Waals surface area contributed by atoms with Crippen LogP contribution in [0.15, 0.2) is 33.5 Å². The van der Waals surface area contributed by atoms with Crippen LogP contribution in [0.3, 0.4) is 0 Å². The highest BCUT2D eigenvalue weighted by atomic mass is 16.5. The van der Waals surface area contributed by atoms with Crippen LogP contribution in [0.2, 0.25) is 0 Å². The minimum atomic E-state index is -0.269. The molecule has 0 radical (unpaired) electrons. The Morgan fingerprint density at radius 2 is 1.90 bits per heavy atom. The van der Waals surface area contributed by atoms with Crippen molar-refractivity contribution in [2.24, 2.45) is 0 Å². The summed E-state index contributed by atoms with van der Waals surface area (Å²) in [5.41, 5.74) is 4.88. The summed E-state index contributed by atoms with van der Waals surface area (Å²) in [7, 11) is 0. The van der Waals surface area contributed by atoms with Gasteiger partial charge in [0.05, 0.1) is 18.6 Å². The van der Waals surface area contributed by atoms with E-state index in [0.29, 0.717) is 24.2 Å². The molecule has 0 fully saturated rings. The van der Waals surface area contributed by atoms with E-state index in [4.69, 9.17) is 9.15 Å². The van der Waals surface area contributed by atoms with E-state index in [1.807, 2.05) is 25.1 Å². The average Bonchev–Trinajstić information content (AvgIpc) is 2.88. The second-order valence-corrected chi connectivity index (χ2v) is 5.47. The first-order valence-electron chi connectivity index (χ1n) is 6.71. The van der Waals surface area contributed by atoms with Gasteiger partial charge in [-0.1, -0.05) is 12.1 Å². The molecule has 0 unspecified atom stereocenters. The number of aryl methyl sites for hydroxylation is 2. The first-order valence-corrected chi connectivity index (χ1v) is 6.71. The quantitative estimate of drug-likeness (QED) is 0.461. The van der Waals surface area contributed by atoms with Gasteiger partial charge >= 0.3 is 5.63 Å². The maximum absolute atomic E-state index is 12.2. The van der Waals surface area contributed by atoms with E-state index in [1.54, 1.807) is 0 Å². The van der Waals surface area contributed by atoms with Crippen LogP contribution in [0.1, 0.15) is 22.3 Å². The molecule has 1 aliphatic heterocycles. The monoisotopic (exact) mass is 266 g/mol. The number of hydrogen-bond donors (Lipinski definition) is 0. The topological polar surface area (TPSA) is 39.4 Å². The molecule has 1 aliphatic rings. The predicted molar refractivity (Wildman–Crippen MR) is 78.0 cm³/mol. The van der Waals surface area contributed by atoms with E-state index in [2.05, 4.69) is 13.0 Å². The Hall–Kier alpha value is -2.13. The molecule has 0 saturated heterocycles. The normalized spacial score (nSPS) is 14.1. The molecule has 1 aromatic heterocycles. The molecule has 20 heavy (non-hydrogen) atoms. The highest BCUT2D eigenvalue weighted by molar-refractivity contribution is 6.07. The molecule has 2 heterocycles. The molecule has 0 bridgehead atoms. The van der Waals surface area contributed by atoms with Gasteiger partial charge in [-0.15, -0.1) is 0 Å². The summed E-state index contributed by atoms with van der Waals surface area (Å²) in [4.78, 5) is 12.2. The van der Waals surface area contributed by atoms with Crippen molar-refractivity contribution in [2.45, 2.75) is 27.1 Å². The molecular formula is C17H14O3. The molecule has 3 aromatic rings. The summed E-state index contributed by atoms with van der Waals surface area (Å²) in [6.45, 7) is 5.23. The lowest BCUT2D eigenvalue weighted by molar-refractivity contribution is 0.135. The maximum Gasteiger partial charge on any atom is 0.344 e. The zero-order valence-corrected chi connectivity index (χ0v) is 11.4. The predicted octanol–water partition coefficient (Wildman–Crippen LogP) is 3.59. The third-order valence-corrected chi connectivity index (χ3v) is 4.02. The maximum atomic E-state index is 12.2. The molecule has 4 rings (SSSR count). The number of rotatable bonds is 0. The molecule has 3 heteroatoms. The van der Waals surface area contributed by atoms with Gasteiger partial charge in [0.25, 0.3) is 0 Å². The van der Waals surface area contributed by atoms with Crippen molar-refractivity contribution < 1.29 is 9.15 Å². The van der Waals surface area contributed by atoms with Crippen LogP contribution < -0.4 is 5.63 Å². The number of hydrogen-bond acceptors (Lipinski definition) is 3. The van der Waals surface area contributed by atoms with Crippen LogP contribution in [0.25, 0.3) is 21.7 Å². The zero-order chi connectivity index (χ0) is 13.9. The summed E-state index contributed by atoms with van der Waals surface area (Å²) in [5, 5.41) is 2.66. The van der Waals surface area contributed by atoms with Crippen LogP contribution >= 0.6 is 0 Å². The second-order valence-electron chi connectivity index (χ2n) is 5.47. The van der Waals surface area contributed by atoms with E-state index in [0.717, 1.165) is 21.9 Å². The summed E-state index contributed by atoms with van der Waals surface area (Å²) < 4.78 is 11.1. The fourth-order valence-corrected chi connectivity index (χ4v) is 3.16. The Kier molecular flexibility index (Phi) is 2.30. The van der Waals surface area contributed by atoms with E-state index in [1.165, 1.54) is 11.1 Å². The Bertz CT molecular complexity index is 919. The largest absolute Gasteiger partial charge is 0.422 e. The minimum Gasteiger partial charge on any atom is -0.422 e. The molecule has 100 valence electrons. The van der Waals surface area contributed by atoms with Crippen molar-refractivity contribution in [3.05, 3.63) is 56.9 Å². The highest BCUT2D eigenvalue weighted by Gasteiger charge is 2.19. The molecule has 0 atom stereocenters. The second kappa shape index (κ2) is 3.93. The number of fused-ring (bicyclic) bond motifs is 5. The van der Waals surface area contributed by atoms with Gasteiger partial charge in [0.2, 0.25) is 0 Å². The van der Waals surface area contributed by atoms with Gasteiger partial charge in [-0.2, -0.15) is 0 Å². The van der Waals surface area contributed by atoms with Gasteiger partial charge in [0, 0.05) is 10.8 Å². The first-order chi connectivity index (χ1) is 9.65.